The molecule has 0 amide bonds. The number of ether oxygens (including phenoxy) is 1. The molecular formula is C15H21N3O2Si. The van der Waals surface area contributed by atoms with Crippen molar-refractivity contribution in [3.05, 3.63) is 36.5 Å². The van der Waals surface area contributed by atoms with Crippen molar-refractivity contribution in [1.82, 2.24) is 14.5 Å². The molecule has 0 aliphatic carbocycles. The topological polar surface area (TPSA) is 57.0 Å². The number of carbonyl (C=O) groups is 1. The van der Waals surface area contributed by atoms with Crippen LogP contribution in [0, 0.1) is 0 Å². The Morgan fingerprint density at radius 1 is 1.33 bits per heavy atom. The van der Waals surface area contributed by atoms with Gasteiger partial charge in [-0.15, -0.1) is 0 Å². The first kappa shape index (κ1) is 15.6. The SMILES string of the molecule is C[Si](C)(C)CCOCn1cnc(-c2cncc(C=O)c2)c1. The van der Waals surface area contributed by atoms with E-state index in [2.05, 4.69) is 29.6 Å². The van der Waals surface area contributed by atoms with Crippen LogP contribution < -0.4 is 0 Å². The molecule has 6 heteroatoms. The van der Waals surface area contributed by atoms with Crippen LogP contribution in [0.1, 0.15) is 10.4 Å². The van der Waals surface area contributed by atoms with Gasteiger partial charge in [-0.1, -0.05) is 19.6 Å². The molecule has 2 heterocycles. The van der Waals surface area contributed by atoms with Gasteiger partial charge in [0, 0.05) is 44.4 Å². The second-order valence-electron chi connectivity index (χ2n) is 6.25. The maximum atomic E-state index is 10.8. The Kier molecular flexibility index (Phi) is 5.03. The van der Waals surface area contributed by atoms with E-state index in [9.17, 15) is 4.79 Å². The quantitative estimate of drug-likeness (QED) is 0.448. The first-order chi connectivity index (χ1) is 9.98. The lowest BCUT2D eigenvalue weighted by Crippen LogP contribution is -2.21. The van der Waals surface area contributed by atoms with Gasteiger partial charge < -0.3 is 9.30 Å². The van der Waals surface area contributed by atoms with Gasteiger partial charge in [-0.2, -0.15) is 0 Å². The molecule has 0 saturated heterocycles. The van der Waals surface area contributed by atoms with Gasteiger partial charge in [-0.3, -0.25) is 9.78 Å². The van der Waals surface area contributed by atoms with E-state index in [4.69, 9.17) is 4.74 Å². The maximum absolute atomic E-state index is 10.8. The maximum Gasteiger partial charge on any atom is 0.151 e. The summed E-state index contributed by atoms with van der Waals surface area (Å²) in [5.74, 6) is 0. The fraction of sp³-hybridized carbons (Fsp3) is 0.400. The minimum atomic E-state index is -1.04. The Morgan fingerprint density at radius 2 is 2.14 bits per heavy atom. The highest BCUT2D eigenvalue weighted by Gasteiger charge is 2.12. The second-order valence-corrected chi connectivity index (χ2v) is 11.9. The van der Waals surface area contributed by atoms with Crippen molar-refractivity contribution >= 4 is 14.4 Å². The van der Waals surface area contributed by atoms with E-state index in [1.807, 2.05) is 10.8 Å². The van der Waals surface area contributed by atoms with E-state index in [1.54, 1.807) is 18.6 Å². The van der Waals surface area contributed by atoms with Gasteiger partial charge in [0.05, 0.1) is 12.0 Å². The van der Waals surface area contributed by atoms with Crippen molar-refractivity contribution in [3.8, 4) is 11.3 Å². The highest BCUT2D eigenvalue weighted by Crippen LogP contribution is 2.16. The van der Waals surface area contributed by atoms with E-state index in [0.717, 1.165) is 30.2 Å². The molecule has 21 heavy (non-hydrogen) atoms. The smallest absolute Gasteiger partial charge is 0.151 e. The molecule has 0 unspecified atom stereocenters. The third-order valence-corrected chi connectivity index (χ3v) is 4.77. The summed E-state index contributed by atoms with van der Waals surface area (Å²) in [5.41, 5.74) is 2.17. The van der Waals surface area contributed by atoms with E-state index in [-0.39, 0.29) is 0 Å². The molecule has 112 valence electrons. The van der Waals surface area contributed by atoms with Crippen molar-refractivity contribution < 1.29 is 9.53 Å². The van der Waals surface area contributed by atoms with Crippen LogP contribution in [0.2, 0.25) is 25.7 Å². The summed E-state index contributed by atoms with van der Waals surface area (Å²) in [6.45, 7) is 8.28. The largest absolute Gasteiger partial charge is 0.361 e. The predicted octanol–water partition coefficient (Wildman–Crippen LogP) is 3.07. The summed E-state index contributed by atoms with van der Waals surface area (Å²) >= 11 is 0. The Labute approximate surface area is 126 Å². The first-order valence-electron chi connectivity index (χ1n) is 6.98. The van der Waals surface area contributed by atoms with Gasteiger partial charge in [0.2, 0.25) is 0 Å². The molecule has 0 N–H and O–H groups in total. The molecule has 0 aliphatic rings. The number of hydrogen-bond acceptors (Lipinski definition) is 4. The zero-order chi connectivity index (χ0) is 15.3. The standard InChI is InChI=1S/C15H21N3O2Si/c1-21(2,3)5-4-20-12-18-9-15(17-11-18)14-6-13(10-19)7-16-8-14/h6-11H,4-5,12H2,1-3H3. The third kappa shape index (κ3) is 4.91. The van der Waals surface area contributed by atoms with E-state index >= 15 is 0 Å². The van der Waals surface area contributed by atoms with Crippen molar-refractivity contribution in [3.63, 3.8) is 0 Å². The molecule has 5 nitrogen and oxygen atoms in total. The molecule has 0 bridgehead atoms. The van der Waals surface area contributed by atoms with E-state index < -0.39 is 8.07 Å². The Morgan fingerprint density at radius 3 is 2.86 bits per heavy atom. The average Bonchev–Trinajstić information content (AvgIpc) is 2.91. The van der Waals surface area contributed by atoms with Crippen LogP contribution in [0.4, 0.5) is 0 Å². The van der Waals surface area contributed by atoms with Crippen molar-refractivity contribution in [2.45, 2.75) is 32.4 Å². The monoisotopic (exact) mass is 303 g/mol. The summed E-state index contributed by atoms with van der Waals surface area (Å²) in [4.78, 5) is 19.1. The Balaban J connectivity index is 1.93. The number of hydrogen-bond donors (Lipinski definition) is 0. The number of rotatable bonds is 7. The van der Waals surface area contributed by atoms with Crippen LogP contribution in [0.25, 0.3) is 11.3 Å². The molecule has 0 atom stereocenters. The van der Waals surface area contributed by atoms with Gasteiger partial charge in [0.15, 0.2) is 6.29 Å². The van der Waals surface area contributed by atoms with Gasteiger partial charge in [-0.25, -0.2) is 4.98 Å². The van der Waals surface area contributed by atoms with E-state index in [0.29, 0.717) is 12.3 Å². The lowest BCUT2D eigenvalue weighted by Gasteiger charge is -2.15. The molecule has 0 aromatic carbocycles. The van der Waals surface area contributed by atoms with Crippen LogP contribution in [0.3, 0.4) is 0 Å². The van der Waals surface area contributed by atoms with Crippen LogP contribution in [0.15, 0.2) is 31.0 Å². The lowest BCUT2D eigenvalue weighted by molar-refractivity contribution is 0.0871. The first-order valence-corrected chi connectivity index (χ1v) is 10.7. The fourth-order valence-corrected chi connectivity index (χ4v) is 2.55. The molecule has 0 radical (unpaired) electrons. The summed E-state index contributed by atoms with van der Waals surface area (Å²) in [5, 5.41) is 0. The molecule has 2 aromatic heterocycles. The zero-order valence-corrected chi connectivity index (χ0v) is 13.7. The molecular weight excluding hydrogens is 282 g/mol. The van der Waals surface area contributed by atoms with Crippen molar-refractivity contribution in [2.24, 2.45) is 0 Å². The summed E-state index contributed by atoms with van der Waals surface area (Å²) < 4.78 is 7.57. The van der Waals surface area contributed by atoms with Gasteiger partial charge in [0.25, 0.3) is 0 Å². The predicted molar refractivity (Wildman–Crippen MR) is 85.0 cm³/mol. The van der Waals surface area contributed by atoms with Gasteiger partial charge in [-0.05, 0) is 12.1 Å². The van der Waals surface area contributed by atoms with Crippen LogP contribution in [0.5, 0.6) is 0 Å². The van der Waals surface area contributed by atoms with Crippen LogP contribution in [-0.2, 0) is 11.5 Å². The molecule has 0 aliphatic heterocycles. The minimum Gasteiger partial charge on any atom is -0.361 e. The zero-order valence-electron chi connectivity index (χ0n) is 12.7. The number of pyridine rings is 1. The molecule has 2 aromatic rings. The lowest BCUT2D eigenvalue weighted by atomic mass is 10.2. The van der Waals surface area contributed by atoms with Crippen LogP contribution in [-0.4, -0.2) is 35.5 Å². The molecule has 2 rings (SSSR count). The van der Waals surface area contributed by atoms with Gasteiger partial charge in [0.1, 0.15) is 6.73 Å². The van der Waals surface area contributed by atoms with E-state index in [1.165, 1.54) is 6.20 Å². The number of imidazole rings is 1. The number of nitrogens with zero attached hydrogens (tertiary/aromatic N) is 3. The normalized spacial score (nSPS) is 11.6. The number of aromatic nitrogens is 3. The molecule has 0 fully saturated rings. The number of carbonyl (C=O) groups excluding carboxylic acids is 1. The van der Waals surface area contributed by atoms with Crippen LogP contribution >= 0.6 is 0 Å². The molecule has 0 spiro atoms. The number of aldehydes is 1. The average molecular weight is 303 g/mol. The summed E-state index contributed by atoms with van der Waals surface area (Å²) in [6, 6.07) is 2.93. The summed E-state index contributed by atoms with van der Waals surface area (Å²) in [7, 11) is -1.04. The Bertz CT molecular complexity index is 605. The Hall–Kier alpha value is -1.79. The molecule has 0 saturated carbocycles. The minimum absolute atomic E-state index is 0.498. The third-order valence-electron chi connectivity index (χ3n) is 3.06. The second kappa shape index (κ2) is 6.78. The highest BCUT2D eigenvalue weighted by molar-refractivity contribution is 6.76. The van der Waals surface area contributed by atoms with Gasteiger partial charge >= 0.3 is 0 Å². The summed E-state index contributed by atoms with van der Waals surface area (Å²) in [6.07, 6.45) is 7.66. The van der Waals surface area contributed by atoms with Crippen molar-refractivity contribution in [1.29, 1.82) is 0 Å². The van der Waals surface area contributed by atoms with Crippen molar-refractivity contribution in [2.75, 3.05) is 6.61 Å². The fourth-order valence-electron chi connectivity index (χ4n) is 1.79. The highest BCUT2D eigenvalue weighted by atomic mass is 28.3.